The van der Waals surface area contributed by atoms with Crippen LogP contribution in [0.15, 0.2) is 104 Å². The summed E-state index contributed by atoms with van der Waals surface area (Å²) in [6.07, 6.45) is 5.38. The van der Waals surface area contributed by atoms with Crippen LogP contribution in [0.1, 0.15) is 43.0 Å². The van der Waals surface area contributed by atoms with E-state index in [1.54, 1.807) is 12.4 Å². The van der Waals surface area contributed by atoms with Crippen molar-refractivity contribution in [2.45, 2.75) is 40.0 Å². The number of pyridine rings is 1. The first-order valence-electron chi connectivity index (χ1n) is 15.2. The molecule has 7 aromatic rings. The summed E-state index contributed by atoms with van der Waals surface area (Å²) in [5.41, 5.74) is 7.41. The number of benzene rings is 4. The highest BCUT2D eigenvalue weighted by atomic mass is 19.1. The molecule has 0 N–H and O–H groups in total. The van der Waals surface area contributed by atoms with Crippen molar-refractivity contribution < 1.29 is 9.13 Å². The average molecular weight is 606 g/mol. The molecule has 226 valence electrons. The highest BCUT2D eigenvalue weighted by molar-refractivity contribution is 6.12. The smallest absolute Gasteiger partial charge is 0.144 e. The fourth-order valence-electron chi connectivity index (χ4n) is 6.29. The predicted octanol–water partition coefficient (Wildman–Crippen LogP) is 9.75. The number of fused-ring (bicyclic) bond motifs is 3. The fraction of sp³-hybridized carbons (Fsp3) is 0.154. The molecule has 0 aliphatic carbocycles. The number of rotatable bonds is 5. The van der Waals surface area contributed by atoms with Crippen molar-refractivity contribution >= 4 is 21.8 Å². The van der Waals surface area contributed by atoms with Gasteiger partial charge in [0.1, 0.15) is 29.0 Å². The second-order valence-electron chi connectivity index (χ2n) is 12.6. The number of aromatic nitrogens is 4. The van der Waals surface area contributed by atoms with Gasteiger partial charge in [0.05, 0.1) is 28.4 Å². The Morgan fingerprint density at radius 2 is 1.61 bits per heavy atom. The van der Waals surface area contributed by atoms with E-state index in [-0.39, 0.29) is 5.41 Å². The van der Waals surface area contributed by atoms with Crippen molar-refractivity contribution in [3.8, 4) is 40.5 Å². The number of nitrogens with zero attached hydrogens (tertiary/aromatic N) is 5. The maximum absolute atomic E-state index is 15.2. The lowest BCUT2D eigenvalue weighted by Crippen LogP contribution is -2.13. The number of halogens is 1. The number of imidazole rings is 1. The van der Waals surface area contributed by atoms with E-state index in [1.165, 1.54) is 17.7 Å². The second-order valence-corrected chi connectivity index (χ2v) is 12.6. The summed E-state index contributed by atoms with van der Waals surface area (Å²) in [6.45, 7) is 10.8. The fourth-order valence-corrected chi connectivity index (χ4v) is 6.29. The van der Waals surface area contributed by atoms with E-state index in [0.29, 0.717) is 28.5 Å². The topological polar surface area (TPSA) is 68.7 Å². The zero-order valence-corrected chi connectivity index (χ0v) is 26.3. The van der Waals surface area contributed by atoms with Crippen LogP contribution in [-0.4, -0.2) is 19.1 Å². The van der Waals surface area contributed by atoms with E-state index < -0.39 is 5.82 Å². The van der Waals surface area contributed by atoms with Crippen LogP contribution in [0, 0.1) is 31.0 Å². The van der Waals surface area contributed by atoms with E-state index in [9.17, 15) is 5.26 Å². The highest BCUT2D eigenvalue weighted by Gasteiger charge is 2.20. The van der Waals surface area contributed by atoms with Gasteiger partial charge in [0.25, 0.3) is 0 Å². The Morgan fingerprint density at radius 3 is 2.33 bits per heavy atom. The lowest BCUT2D eigenvalue weighted by molar-refractivity contribution is 0.477. The van der Waals surface area contributed by atoms with E-state index in [0.717, 1.165) is 44.4 Å². The molecule has 7 heteroatoms. The molecule has 0 radical (unpaired) electrons. The molecular formula is C39H32FN5O. The van der Waals surface area contributed by atoms with E-state index in [4.69, 9.17) is 4.74 Å². The Kier molecular flexibility index (Phi) is 6.94. The van der Waals surface area contributed by atoms with Crippen LogP contribution in [-0.2, 0) is 5.41 Å². The molecule has 6 nitrogen and oxygen atoms in total. The third kappa shape index (κ3) is 4.98. The zero-order chi connectivity index (χ0) is 32.2. The largest absolute Gasteiger partial charge is 0.457 e. The molecule has 0 saturated heterocycles. The lowest BCUT2D eigenvalue weighted by atomic mass is 9.84. The van der Waals surface area contributed by atoms with Crippen molar-refractivity contribution in [3.63, 3.8) is 0 Å². The number of hydrogen-bond donors (Lipinski definition) is 0. The summed E-state index contributed by atoms with van der Waals surface area (Å²) >= 11 is 0. The average Bonchev–Trinajstić information content (AvgIpc) is 3.63. The molecule has 0 atom stereocenters. The first kappa shape index (κ1) is 29.0. The van der Waals surface area contributed by atoms with Crippen LogP contribution < -0.4 is 4.74 Å². The summed E-state index contributed by atoms with van der Waals surface area (Å²) in [6, 6.07) is 28.5. The standard InChI is InChI=1S/C39H32FN5O/c1-24-17-28(39(3,4)5)18-25(2)37(24)44-16-15-43-38(44)27-19-29(40)21-31(20-27)46-30-12-13-32-34(22-30)45(35-11-6-7-14-42-35)33-10-8-9-26(23-41)36(32)33/h6-22H,1-5H3. The van der Waals surface area contributed by atoms with Gasteiger partial charge in [-0.05, 0) is 84.5 Å². The van der Waals surface area contributed by atoms with Crippen LogP contribution in [0.2, 0.25) is 0 Å². The summed E-state index contributed by atoms with van der Waals surface area (Å²) in [5.74, 6) is 1.78. The minimum Gasteiger partial charge on any atom is -0.457 e. The molecule has 0 amide bonds. The maximum Gasteiger partial charge on any atom is 0.144 e. The Balaban J connectivity index is 1.31. The molecule has 4 aromatic carbocycles. The molecule has 0 unspecified atom stereocenters. The first-order valence-corrected chi connectivity index (χ1v) is 15.2. The van der Waals surface area contributed by atoms with Crippen molar-refractivity contribution in [1.82, 2.24) is 19.1 Å². The van der Waals surface area contributed by atoms with Gasteiger partial charge in [-0.1, -0.05) is 45.0 Å². The van der Waals surface area contributed by atoms with Crippen LogP contribution in [0.3, 0.4) is 0 Å². The minimum atomic E-state index is -0.430. The third-order valence-corrected chi connectivity index (χ3v) is 8.37. The minimum absolute atomic E-state index is 0.0214. The SMILES string of the molecule is Cc1cc(C(C)(C)C)cc(C)c1-n1ccnc1-c1cc(F)cc(Oc2ccc3c4c(C#N)cccc4n(-c4ccccn4)c3c2)c1. The Bertz CT molecular complexity index is 2300. The van der Waals surface area contributed by atoms with Crippen molar-refractivity contribution in [2.24, 2.45) is 0 Å². The third-order valence-electron chi connectivity index (χ3n) is 8.37. The normalized spacial score (nSPS) is 11.7. The molecular weight excluding hydrogens is 573 g/mol. The van der Waals surface area contributed by atoms with Crippen molar-refractivity contribution in [3.05, 3.63) is 132 Å². The Morgan fingerprint density at radius 1 is 0.804 bits per heavy atom. The van der Waals surface area contributed by atoms with Crippen LogP contribution in [0.25, 0.3) is 44.7 Å². The second kappa shape index (κ2) is 11.0. The molecule has 0 aliphatic heterocycles. The molecule has 7 rings (SSSR count). The summed E-state index contributed by atoms with van der Waals surface area (Å²) < 4.78 is 25.5. The van der Waals surface area contributed by atoms with Crippen LogP contribution in [0.4, 0.5) is 4.39 Å². The molecule has 3 aromatic heterocycles. The van der Waals surface area contributed by atoms with E-state index >= 15 is 4.39 Å². The summed E-state index contributed by atoms with van der Waals surface area (Å²) in [4.78, 5) is 9.22. The van der Waals surface area contributed by atoms with Gasteiger partial charge in [0.2, 0.25) is 0 Å². The molecule has 46 heavy (non-hydrogen) atoms. The highest BCUT2D eigenvalue weighted by Crippen LogP contribution is 2.38. The Hall–Kier alpha value is -5.74. The van der Waals surface area contributed by atoms with Gasteiger partial charge in [0, 0.05) is 47.1 Å². The van der Waals surface area contributed by atoms with Crippen LogP contribution in [0.5, 0.6) is 11.5 Å². The lowest BCUT2D eigenvalue weighted by Gasteiger charge is -2.23. The van der Waals surface area contributed by atoms with Gasteiger partial charge in [0.15, 0.2) is 0 Å². The molecule has 0 bridgehead atoms. The Labute approximate surface area is 267 Å². The first-order chi connectivity index (χ1) is 22.1. The van der Waals surface area contributed by atoms with E-state index in [1.807, 2.05) is 76.0 Å². The molecule has 0 aliphatic rings. The maximum atomic E-state index is 15.2. The predicted molar refractivity (Wildman–Crippen MR) is 180 cm³/mol. The van der Waals surface area contributed by atoms with Crippen molar-refractivity contribution in [1.29, 1.82) is 5.26 Å². The number of nitriles is 1. The number of hydrogen-bond acceptors (Lipinski definition) is 4. The molecule has 3 heterocycles. The zero-order valence-electron chi connectivity index (χ0n) is 26.3. The summed E-state index contributed by atoms with van der Waals surface area (Å²) in [5, 5.41) is 11.6. The monoisotopic (exact) mass is 605 g/mol. The van der Waals surface area contributed by atoms with E-state index in [2.05, 4.69) is 62.8 Å². The number of ether oxygens (including phenoxy) is 1. The molecule has 0 spiro atoms. The van der Waals surface area contributed by atoms with Gasteiger partial charge >= 0.3 is 0 Å². The van der Waals surface area contributed by atoms with Crippen LogP contribution >= 0.6 is 0 Å². The quantitative estimate of drug-likeness (QED) is 0.196. The van der Waals surface area contributed by atoms with Gasteiger partial charge < -0.3 is 4.74 Å². The molecule has 0 fully saturated rings. The summed E-state index contributed by atoms with van der Waals surface area (Å²) in [7, 11) is 0. The van der Waals surface area contributed by atoms with Gasteiger partial charge in [-0.2, -0.15) is 5.26 Å². The van der Waals surface area contributed by atoms with Crippen molar-refractivity contribution in [2.75, 3.05) is 0 Å². The van der Waals surface area contributed by atoms with Gasteiger partial charge in [-0.3, -0.25) is 9.13 Å². The number of aryl methyl sites for hydroxylation is 2. The molecule has 0 saturated carbocycles. The van der Waals surface area contributed by atoms with Gasteiger partial charge in [-0.15, -0.1) is 0 Å². The van der Waals surface area contributed by atoms with Gasteiger partial charge in [-0.25, -0.2) is 14.4 Å².